The minimum atomic E-state index is 1.14. The molecule has 0 amide bonds. The molecule has 0 fully saturated rings. The molecule has 0 saturated carbocycles. The molecule has 2 aromatic rings. The lowest BCUT2D eigenvalue weighted by atomic mass is 10.0. The highest BCUT2D eigenvalue weighted by atomic mass is 15.1. The van der Waals surface area contributed by atoms with E-state index in [-0.39, 0.29) is 0 Å². The van der Waals surface area contributed by atoms with Gasteiger partial charge in [0.2, 0.25) is 0 Å². The molecule has 0 aliphatic carbocycles. The van der Waals surface area contributed by atoms with Crippen molar-refractivity contribution >= 4 is 0 Å². The van der Waals surface area contributed by atoms with Gasteiger partial charge in [0.05, 0.1) is 18.7 Å². The first-order chi connectivity index (χ1) is 17.9. The van der Waals surface area contributed by atoms with Crippen LogP contribution in [-0.4, -0.2) is 4.57 Å². The van der Waals surface area contributed by atoms with E-state index in [1.54, 1.807) is 0 Å². The molecule has 0 N–H and O–H groups in total. The third-order valence-electron chi connectivity index (χ3n) is 7.76. The zero-order valence-corrected chi connectivity index (χ0v) is 24.2. The normalized spacial score (nSPS) is 11.4. The van der Waals surface area contributed by atoms with Gasteiger partial charge >= 0.3 is 0 Å². The maximum atomic E-state index is 2.51. The second kappa shape index (κ2) is 21.5. The Balaban J connectivity index is 1.56. The number of nitrogens with zero attached hydrogens (tertiary/aromatic N) is 2. The Morgan fingerprint density at radius 2 is 0.972 bits per heavy atom. The van der Waals surface area contributed by atoms with Crippen LogP contribution in [0.15, 0.2) is 42.7 Å². The molecule has 36 heavy (non-hydrogen) atoms. The van der Waals surface area contributed by atoms with E-state index in [1.807, 2.05) is 0 Å². The summed E-state index contributed by atoms with van der Waals surface area (Å²) >= 11 is 0. The van der Waals surface area contributed by atoms with Crippen molar-refractivity contribution in [3.8, 4) is 11.4 Å². The lowest BCUT2D eigenvalue weighted by Gasteiger charge is -2.06. The highest BCUT2D eigenvalue weighted by Gasteiger charge is 2.18. The van der Waals surface area contributed by atoms with Gasteiger partial charge in [-0.2, -0.15) is 0 Å². The van der Waals surface area contributed by atoms with Gasteiger partial charge < -0.3 is 0 Å². The predicted octanol–water partition coefficient (Wildman–Crippen LogP) is 10.7. The van der Waals surface area contributed by atoms with Gasteiger partial charge in [0.25, 0.3) is 5.82 Å². The van der Waals surface area contributed by atoms with Crippen LogP contribution in [0.3, 0.4) is 0 Å². The van der Waals surface area contributed by atoms with Crippen molar-refractivity contribution in [2.45, 2.75) is 162 Å². The third-order valence-corrected chi connectivity index (χ3v) is 7.76. The van der Waals surface area contributed by atoms with Gasteiger partial charge in [-0.05, 0) is 37.8 Å². The molecule has 0 aliphatic heterocycles. The van der Waals surface area contributed by atoms with E-state index in [0.29, 0.717) is 0 Å². The molecule has 204 valence electrons. The molecule has 1 aromatic heterocycles. The summed E-state index contributed by atoms with van der Waals surface area (Å²) < 4.78 is 5.00. The summed E-state index contributed by atoms with van der Waals surface area (Å²) in [6.45, 7) is 6.88. The molecule has 0 radical (unpaired) electrons. The topological polar surface area (TPSA) is 8.81 Å². The summed E-state index contributed by atoms with van der Waals surface area (Å²) in [5, 5.41) is 0. The predicted molar refractivity (Wildman–Crippen MR) is 158 cm³/mol. The third kappa shape index (κ3) is 13.7. The minimum absolute atomic E-state index is 1.14. The molecule has 0 aliphatic rings. The maximum Gasteiger partial charge on any atom is 0.288 e. The van der Waals surface area contributed by atoms with Gasteiger partial charge in [-0.1, -0.05) is 141 Å². The van der Waals surface area contributed by atoms with Crippen molar-refractivity contribution in [1.29, 1.82) is 0 Å². The minimum Gasteiger partial charge on any atom is -0.230 e. The Morgan fingerprint density at radius 3 is 1.47 bits per heavy atom. The number of aromatic nitrogens is 2. The fourth-order valence-corrected chi connectivity index (χ4v) is 5.46. The number of hydrogen-bond acceptors (Lipinski definition) is 0. The number of hydrogen-bond donors (Lipinski definition) is 0. The van der Waals surface area contributed by atoms with E-state index in [9.17, 15) is 0 Å². The van der Waals surface area contributed by atoms with Crippen LogP contribution in [0.4, 0.5) is 0 Å². The second-order valence-electron chi connectivity index (χ2n) is 11.1. The summed E-state index contributed by atoms with van der Waals surface area (Å²) in [6, 6.07) is 11.0. The number of unbranched alkanes of at least 4 members (excludes halogenated alkanes) is 19. The van der Waals surface area contributed by atoms with E-state index >= 15 is 0 Å². The molecule has 1 heterocycles. The SMILES string of the molecule is CCCCCCCCCCCCCCCCCCn1cc[n+](CCCCCCC)c1-c1ccccc1. The molecule has 2 rings (SSSR count). The Morgan fingerprint density at radius 1 is 0.528 bits per heavy atom. The van der Waals surface area contributed by atoms with E-state index in [1.165, 1.54) is 146 Å². The monoisotopic (exact) mass is 495 g/mol. The summed E-state index contributed by atoms with van der Waals surface area (Å²) in [5.74, 6) is 1.40. The molecule has 0 bridgehead atoms. The van der Waals surface area contributed by atoms with Gasteiger partial charge in [-0.15, -0.1) is 0 Å². The first kappa shape index (κ1) is 30.7. The maximum absolute atomic E-state index is 2.51. The van der Waals surface area contributed by atoms with Crippen LogP contribution < -0.4 is 4.57 Å². The van der Waals surface area contributed by atoms with E-state index in [4.69, 9.17) is 0 Å². The molecule has 0 unspecified atom stereocenters. The Kier molecular flexibility index (Phi) is 18.3. The first-order valence-electron chi connectivity index (χ1n) is 16.0. The molecule has 0 spiro atoms. The summed E-state index contributed by atoms with van der Waals surface area (Å²) in [4.78, 5) is 0. The highest BCUT2D eigenvalue weighted by molar-refractivity contribution is 5.52. The zero-order valence-electron chi connectivity index (χ0n) is 24.2. The average molecular weight is 496 g/mol. The summed E-state index contributed by atoms with van der Waals surface area (Å²) in [7, 11) is 0. The Labute approximate surface area is 224 Å². The number of rotatable bonds is 24. The summed E-state index contributed by atoms with van der Waals surface area (Å²) in [5.41, 5.74) is 1.35. The summed E-state index contributed by atoms with van der Waals surface area (Å²) in [6.07, 6.45) is 34.2. The molecule has 2 nitrogen and oxygen atoms in total. The Hall–Kier alpha value is -1.57. The van der Waals surface area contributed by atoms with Crippen LogP contribution in [0.2, 0.25) is 0 Å². The molecular weight excluding hydrogens is 436 g/mol. The highest BCUT2D eigenvalue weighted by Crippen LogP contribution is 2.18. The van der Waals surface area contributed by atoms with Crippen molar-refractivity contribution < 1.29 is 4.57 Å². The second-order valence-corrected chi connectivity index (χ2v) is 11.1. The van der Waals surface area contributed by atoms with Gasteiger partial charge in [0.1, 0.15) is 12.4 Å². The quantitative estimate of drug-likeness (QED) is 0.101. The van der Waals surface area contributed by atoms with Gasteiger partial charge in [0, 0.05) is 0 Å². The average Bonchev–Trinajstić information content (AvgIpc) is 3.31. The van der Waals surface area contributed by atoms with Crippen LogP contribution in [0.1, 0.15) is 149 Å². The van der Waals surface area contributed by atoms with E-state index in [0.717, 1.165) is 13.1 Å². The van der Waals surface area contributed by atoms with Crippen LogP contribution in [0, 0.1) is 0 Å². The molecule has 1 aromatic carbocycles. The number of aryl methyl sites for hydroxylation is 2. The lowest BCUT2D eigenvalue weighted by molar-refractivity contribution is -0.686. The smallest absolute Gasteiger partial charge is 0.230 e. The van der Waals surface area contributed by atoms with Gasteiger partial charge in [-0.3, -0.25) is 0 Å². The Bertz CT molecular complexity index is 733. The molecule has 2 heteroatoms. The van der Waals surface area contributed by atoms with Crippen molar-refractivity contribution in [1.82, 2.24) is 4.57 Å². The van der Waals surface area contributed by atoms with Crippen molar-refractivity contribution in [3.63, 3.8) is 0 Å². The van der Waals surface area contributed by atoms with Crippen LogP contribution in [0.5, 0.6) is 0 Å². The van der Waals surface area contributed by atoms with Gasteiger partial charge in [-0.25, -0.2) is 9.13 Å². The first-order valence-corrected chi connectivity index (χ1v) is 16.0. The van der Waals surface area contributed by atoms with Crippen molar-refractivity contribution in [3.05, 3.63) is 42.7 Å². The zero-order chi connectivity index (χ0) is 25.5. The molecular formula is C34H59N2+. The van der Waals surface area contributed by atoms with Crippen LogP contribution in [0.25, 0.3) is 11.4 Å². The van der Waals surface area contributed by atoms with E-state index in [2.05, 4.69) is 65.7 Å². The fourth-order valence-electron chi connectivity index (χ4n) is 5.46. The van der Waals surface area contributed by atoms with Gasteiger partial charge in [0.15, 0.2) is 0 Å². The molecule has 0 atom stereocenters. The van der Waals surface area contributed by atoms with Crippen LogP contribution >= 0.6 is 0 Å². The number of benzene rings is 1. The lowest BCUT2D eigenvalue weighted by Crippen LogP contribution is -2.34. The fraction of sp³-hybridized carbons (Fsp3) is 0.735. The number of imidazole rings is 1. The van der Waals surface area contributed by atoms with Crippen molar-refractivity contribution in [2.75, 3.05) is 0 Å². The molecule has 0 saturated heterocycles. The van der Waals surface area contributed by atoms with Crippen LogP contribution in [-0.2, 0) is 13.1 Å². The van der Waals surface area contributed by atoms with E-state index < -0.39 is 0 Å². The van der Waals surface area contributed by atoms with Crippen molar-refractivity contribution in [2.24, 2.45) is 0 Å². The largest absolute Gasteiger partial charge is 0.288 e. The standard InChI is InChI=1S/C34H59N2/c1-3-5-7-9-10-11-12-13-14-15-16-17-18-19-21-26-30-36-32-31-35(29-25-20-8-6-4-2)34(36)33-27-23-22-24-28-33/h22-24,27-28,31-32H,3-21,25-26,29-30H2,1-2H3/q+1.